The molecule has 0 radical (unpaired) electrons. The van der Waals surface area contributed by atoms with Crippen molar-refractivity contribution in [3.63, 3.8) is 0 Å². The first-order chi connectivity index (χ1) is 3.95. The van der Waals surface area contributed by atoms with Gasteiger partial charge in [-0.2, -0.15) is 0 Å². The Morgan fingerprint density at radius 1 is 1.56 bits per heavy atom. The predicted octanol–water partition coefficient (Wildman–Crippen LogP) is 2.08. The quantitative estimate of drug-likeness (QED) is 0.565. The van der Waals surface area contributed by atoms with Crippen LogP contribution in [0.1, 0.15) is 34.1 Å². The van der Waals surface area contributed by atoms with E-state index in [1.807, 2.05) is 13.8 Å². The highest BCUT2D eigenvalue weighted by molar-refractivity contribution is 5.07. The topological polar surface area (TPSA) is 26.0 Å². The Labute approximate surface area is 57.9 Å². The molecule has 0 aromatic rings. The van der Waals surface area contributed by atoms with Crippen LogP contribution < -0.4 is 5.73 Å². The summed E-state index contributed by atoms with van der Waals surface area (Å²) in [6.07, 6.45) is 3.20. The monoisotopic (exact) mass is 127 g/mol. The molecule has 0 saturated carbocycles. The Hall–Kier alpha value is -0.300. The Balaban J connectivity index is 3.95. The van der Waals surface area contributed by atoms with Crippen molar-refractivity contribution in [2.75, 3.05) is 0 Å². The molecule has 9 heavy (non-hydrogen) atoms. The fourth-order valence-electron chi connectivity index (χ4n) is 0.737. The minimum absolute atomic E-state index is 0.139. The lowest BCUT2D eigenvalue weighted by molar-refractivity contribution is 0.646. The summed E-state index contributed by atoms with van der Waals surface area (Å²) in [6.45, 7) is 8.25. The second-order valence-electron chi connectivity index (χ2n) is 3.17. The van der Waals surface area contributed by atoms with Gasteiger partial charge in [0, 0.05) is 5.54 Å². The molecule has 0 aromatic carbocycles. The number of nitrogens with two attached hydrogens (primary N) is 1. The molecule has 54 valence electrons. The SMILES string of the molecule is CC/C(C)=C\C(C)(C)N. The van der Waals surface area contributed by atoms with E-state index in [1.165, 1.54) is 5.57 Å². The summed E-state index contributed by atoms with van der Waals surface area (Å²) in [5.41, 5.74) is 6.96. The van der Waals surface area contributed by atoms with Crippen LogP contribution in [-0.2, 0) is 0 Å². The van der Waals surface area contributed by atoms with Crippen LogP contribution in [-0.4, -0.2) is 5.54 Å². The van der Waals surface area contributed by atoms with E-state index >= 15 is 0 Å². The highest BCUT2D eigenvalue weighted by atomic mass is 14.7. The molecule has 0 aliphatic carbocycles. The second kappa shape index (κ2) is 3.02. The molecule has 0 heterocycles. The molecule has 0 fully saturated rings. The molecule has 0 rings (SSSR count). The van der Waals surface area contributed by atoms with Crippen molar-refractivity contribution in [3.05, 3.63) is 11.6 Å². The smallest absolute Gasteiger partial charge is 0.0284 e. The van der Waals surface area contributed by atoms with Crippen LogP contribution in [0.15, 0.2) is 11.6 Å². The van der Waals surface area contributed by atoms with E-state index in [1.54, 1.807) is 0 Å². The van der Waals surface area contributed by atoms with Gasteiger partial charge in [-0.15, -0.1) is 0 Å². The molecule has 1 heteroatoms. The van der Waals surface area contributed by atoms with E-state index < -0.39 is 0 Å². The van der Waals surface area contributed by atoms with Crippen molar-refractivity contribution in [2.24, 2.45) is 5.73 Å². The van der Waals surface area contributed by atoms with Gasteiger partial charge in [0.2, 0.25) is 0 Å². The number of hydrogen-bond acceptors (Lipinski definition) is 1. The molecule has 0 bridgehead atoms. The molecule has 0 aromatic heterocycles. The third-order valence-corrected chi connectivity index (χ3v) is 1.18. The van der Waals surface area contributed by atoms with Gasteiger partial charge in [-0.1, -0.05) is 18.6 Å². The Bertz CT molecular complexity index is 106. The van der Waals surface area contributed by atoms with Crippen LogP contribution in [0, 0.1) is 0 Å². The van der Waals surface area contributed by atoms with Gasteiger partial charge in [-0.25, -0.2) is 0 Å². The summed E-state index contributed by atoms with van der Waals surface area (Å²) in [5, 5.41) is 0. The highest BCUT2D eigenvalue weighted by Gasteiger charge is 2.04. The average molecular weight is 127 g/mol. The number of allylic oxidation sites excluding steroid dienone is 1. The van der Waals surface area contributed by atoms with Crippen molar-refractivity contribution in [1.82, 2.24) is 0 Å². The second-order valence-corrected chi connectivity index (χ2v) is 3.17. The molecule has 0 amide bonds. The summed E-state index contributed by atoms with van der Waals surface area (Å²) >= 11 is 0. The standard InChI is InChI=1S/C8H17N/c1-5-7(2)6-8(3,4)9/h6H,5,9H2,1-4H3/b7-6-. The van der Waals surface area contributed by atoms with E-state index in [4.69, 9.17) is 5.73 Å². The Kier molecular flexibility index (Phi) is 2.92. The van der Waals surface area contributed by atoms with E-state index in [2.05, 4.69) is 19.9 Å². The summed E-state index contributed by atoms with van der Waals surface area (Å²) in [7, 11) is 0. The van der Waals surface area contributed by atoms with Crippen molar-refractivity contribution < 1.29 is 0 Å². The van der Waals surface area contributed by atoms with E-state index in [0.29, 0.717) is 0 Å². The molecule has 0 aliphatic rings. The van der Waals surface area contributed by atoms with E-state index in [9.17, 15) is 0 Å². The van der Waals surface area contributed by atoms with Crippen molar-refractivity contribution in [1.29, 1.82) is 0 Å². The number of hydrogen-bond donors (Lipinski definition) is 1. The maximum Gasteiger partial charge on any atom is 0.0284 e. The maximum absolute atomic E-state index is 5.74. The van der Waals surface area contributed by atoms with Crippen LogP contribution in [0.2, 0.25) is 0 Å². The largest absolute Gasteiger partial charge is 0.322 e. The molecule has 1 nitrogen and oxygen atoms in total. The molecule has 0 unspecified atom stereocenters. The van der Waals surface area contributed by atoms with Gasteiger partial charge in [0.25, 0.3) is 0 Å². The van der Waals surface area contributed by atoms with Crippen molar-refractivity contribution in [3.8, 4) is 0 Å². The van der Waals surface area contributed by atoms with Gasteiger partial charge in [-0.3, -0.25) is 0 Å². The predicted molar refractivity (Wildman–Crippen MR) is 42.3 cm³/mol. The van der Waals surface area contributed by atoms with Crippen LogP contribution in [0.5, 0.6) is 0 Å². The zero-order chi connectivity index (χ0) is 7.49. The summed E-state index contributed by atoms with van der Waals surface area (Å²) < 4.78 is 0. The van der Waals surface area contributed by atoms with Gasteiger partial charge >= 0.3 is 0 Å². The van der Waals surface area contributed by atoms with Gasteiger partial charge in [0.05, 0.1) is 0 Å². The number of rotatable bonds is 2. The summed E-state index contributed by atoms with van der Waals surface area (Å²) in [6, 6.07) is 0. The third kappa shape index (κ3) is 5.57. The van der Waals surface area contributed by atoms with E-state index in [0.717, 1.165) is 6.42 Å². The van der Waals surface area contributed by atoms with E-state index in [-0.39, 0.29) is 5.54 Å². The van der Waals surface area contributed by atoms with Gasteiger partial charge in [-0.05, 0) is 27.2 Å². The highest BCUT2D eigenvalue weighted by Crippen LogP contribution is 2.06. The van der Waals surface area contributed by atoms with Crippen LogP contribution in [0.25, 0.3) is 0 Å². The summed E-state index contributed by atoms with van der Waals surface area (Å²) in [4.78, 5) is 0. The fourth-order valence-corrected chi connectivity index (χ4v) is 0.737. The lowest BCUT2D eigenvalue weighted by atomic mass is 10.0. The van der Waals surface area contributed by atoms with Crippen molar-refractivity contribution in [2.45, 2.75) is 39.7 Å². The molecule has 0 atom stereocenters. The van der Waals surface area contributed by atoms with Gasteiger partial charge < -0.3 is 5.73 Å². The minimum Gasteiger partial charge on any atom is -0.322 e. The average Bonchev–Trinajstić information content (AvgIpc) is 1.62. The zero-order valence-corrected chi connectivity index (χ0v) is 6.86. The first-order valence-electron chi connectivity index (χ1n) is 3.43. The van der Waals surface area contributed by atoms with Crippen LogP contribution in [0.4, 0.5) is 0 Å². The molecule has 0 saturated heterocycles. The first kappa shape index (κ1) is 8.70. The summed E-state index contributed by atoms with van der Waals surface area (Å²) in [5.74, 6) is 0. The van der Waals surface area contributed by atoms with Gasteiger partial charge in [0.15, 0.2) is 0 Å². The zero-order valence-electron chi connectivity index (χ0n) is 6.86. The first-order valence-corrected chi connectivity index (χ1v) is 3.43. The minimum atomic E-state index is -0.139. The fraction of sp³-hybridized carbons (Fsp3) is 0.750. The Morgan fingerprint density at radius 2 is 2.00 bits per heavy atom. The normalized spacial score (nSPS) is 14.1. The maximum atomic E-state index is 5.74. The third-order valence-electron chi connectivity index (χ3n) is 1.18. The van der Waals surface area contributed by atoms with Crippen LogP contribution in [0.3, 0.4) is 0 Å². The molecule has 0 aliphatic heterocycles. The Morgan fingerprint density at radius 3 is 2.11 bits per heavy atom. The molecular weight excluding hydrogens is 110 g/mol. The molecular formula is C8H17N. The molecule has 0 spiro atoms. The molecule has 2 N–H and O–H groups in total. The van der Waals surface area contributed by atoms with Crippen molar-refractivity contribution >= 4 is 0 Å². The lowest BCUT2D eigenvalue weighted by Crippen LogP contribution is -2.29. The van der Waals surface area contributed by atoms with Crippen LogP contribution >= 0.6 is 0 Å². The van der Waals surface area contributed by atoms with Gasteiger partial charge in [0.1, 0.15) is 0 Å². The lowest BCUT2D eigenvalue weighted by Gasteiger charge is -2.13.